The molecule has 1 N–H and O–H groups in total. The zero-order valence-electron chi connectivity index (χ0n) is 14.4. The van der Waals surface area contributed by atoms with Gasteiger partial charge in [-0.1, -0.05) is 35.6 Å². The van der Waals surface area contributed by atoms with Gasteiger partial charge < -0.3 is 4.74 Å². The first kappa shape index (κ1) is 18.2. The van der Waals surface area contributed by atoms with Crippen LogP contribution in [0.1, 0.15) is 32.8 Å². The van der Waals surface area contributed by atoms with Crippen molar-refractivity contribution < 1.29 is 18.3 Å². The monoisotopic (exact) mass is 377 g/mol. The van der Waals surface area contributed by atoms with Crippen LogP contribution in [0, 0.1) is 0 Å². The highest BCUT2D eigenvalue weighted by Gasteiger charge is 2.19. The molecule has 2 aromatic heterocycles. The van der Waals surface area contributed by atoms with Gasteiger partial charge in [-0.05, 0) is 32.9 Å². The number of hydrogen-bond donors (Lipinski definition) is 1. The summed E-state index contributed by atoms with van der Waals surface area (Å²) in [6.45, 7) is 5.29. The maximum absolute atomic E-state index is 13.2. The van der Waals surface area contributed by atoms with Crippen LogP contribution in [0.15, 0.2) is 36.4 Å². The summed E-state index contributed by atoms with van der Waals surface area (Å²) in [5, 5.41) is 2.90. The van der Waals surface area contributed by atoms with Gasteiger partial charge in [-0.3, -0.25) is 5.32 Å². The molecule has 0 radical (unpaired) electrons. The Balaban J connectivity index is 1.90. The molecular formula is C18H17F2N3O2S. The average Bonchev–Trinajstić information content (AvgIpc) is 2.93. The molecule has 0 aliphatic heterocycles. The molecule has 0 saturated carbocycles. The summed E-state index contributed by atoms with van der Waals surface area (Å²) in [5.41, 5.74) is 0.682. The number of nitrogens with one attached hydrogen (secondary N) is 1. The number of pyridine rings is 1. The molecular weight excluding hydrogens is 360 g/mol. The molecule has 5 nitrogen and oxygen atoms in total. The van der Waals surface area contributed by atoms with Crippen LogP contribution in [0.3, 0.4) is 0 Å². The molecule has 136 valence electrons. The maximum atomic E-state index is 13.2. The van der Waals surface area contributed by atoms with E-state index < -0.39 is 18.1 Å². The Labute approximate surface area is 153 Å². The van der Waals surface area contributed by atoms with Gasteiger partial charge in [0.1, 0.15) is 15.9 Å². The molecule has 0 bridgehead atoms. The van der Waals surface area contributed by atoms with Gasteiger partial charge in [0.25, 0.3) is 6.43 Å². The van der Waals surface area contributed by atoms with Crippen LogP contribution >= 0.6 is 11.3 Å². The second-order valence-electron chi connectivity index (χ2n) is 6.55. The molecule has 0 saturated heterocycles. The van der Waals surface area contributed by atoms with E-state index in [0.717, 1.165) is 11.3 Å². The molecule has 26 heavy (non-hydrogen) atoms. The number of rotatable bonds is 3. The van der Waals surface area contributed by atoms with Crippen molar-refractivity contribution in [3.63, 3.8) is 0 Å². The normalized spacial score (nSPS) is 11.8. The van der Waals surface area contributed by atoms with E-state index in [-0.39, 0.29) is 5.56 Å². The third-order valence-corrected chi connectivity index (χ3v) is 4.22. The Bertz CT molecular complexity index is 951. The van der Waals surface area contributed by atoms with Crippen molar-refractivity contribution in [1.29, 1.82) is 0 Å². The van der Waals surface area contributed by atoms with Crippen LogP contribution in [0.4, 0.5) is 18.7 Å². The Morgan fingerprint density at radius 1 is 1.15 bits per heavy atom. The van der Waals surface area contributed by atoms with Gasteiger partial charge in [0, 0.05) is 11.1 Å². The van der Waals surface area contributed by atoms with Crippen molar-refractivity contribution in [3.05, 3.63) is 42.0 Å². The number of anilines is 1. The fourth-order valence-corrected chi connectivity index (χ4v) is 3.16. The smallest absolute Gasteiger partial charge is 0.413 e. The van der Waals surface area contributed by atoms with E-state index in [0.29, 0.717) is 26.7 Å². The van der Waals surface area contributed by atoms with E-state index in [1.54, 1.807) is 51.1 Å². The Hall–Kier alpha value is -2.61. The maximum Gasteiger partial charge on any atom is 0.413 e. The van der Waals surface area contributed by atoms with Crippen molar-refractivity contribution >= 4 is 32.9 Å². The SMILES string of the molecule is CC(C)(C)OC(=O)Nc1nc2ccc(-c3ccccc3C(F)F)nc2s1. The van der Waals surface area contributed by atoms with Gasteiger partial charge in [0.05, 0.1) is 5.69 Å². The Kier molecular flexibility index (Phi) is 4.86. The lowest BCUT2D eigenvalue weighted by Gasteiger charge is -2.18. The molecule has 0 unspecified atom stereocenters. The third-order valence-electron chi connectivity index (χ3n) is 3.34. The predicted molar refractivity (Wildman–Crippen MR) is 97.7 cm³/mol. The number of thiazole rings is 1. The van der Waals surface area contributed by atoms with Gasteiger partial charge in [-0.25, -0.2) is 23.5 Å². The Morgan fingerprint density at radius 3 is 2.58 bits per heavy atom. The lowest BCUT2D eigenvalue weighted by Crippen LogP contribution is -2.27. The van der Waals surface area contributed by atoms with E-state index in [2.05, 4.69) is 15.3 Å². The molecule has 1 aromatic carbocycles. The fourth-order valence-electron chi connectivity index (χ4n) is 2.33. The zero-order valence-corrected chi connectivity index (χ0v) is 15.2. The molecule has 0 fully saturated rings. The number of hydrogen-bond acceptors (Lipinski definition) is 5. The third kappa shape index (κ3) is 4.13. The minimum absolute atomic E-state index is 0.0732. The second kappa shape index (κ2) is 6.95. The minimum atomic E-state index is -2.59. The molecule has 0 spiro atoms. The van der Waals surface area contributed by atoms with Crippen LogP contribution in [0.2, 0.25) is 0 Å². The summed E-state index contributed by atoms with van der Waals surface area (Å²) < 4.78 is 31.6. The minimum Gasteiger partial charge on any atom is -0.444 e. The van der Waals surface area contributed by atoms with Gasteiger partial charge >= 0.3 is 6.09 Å². The standard InChI is InChI=1S/C18H17F2N3O2S/c1-18(2,3)25-17(24)23-16-22-13-9-8-12(21-15(13)26-16)10-6-4-5-7-11(10)14(19)20/h4-9,14H,1-3H3,(H,22,23,24). The van der Waals surface area contributed by atoms with Crippen LogP contribution in [0.25, 0.3) is 21.6 Å². The second-order valence-corrected chi connectivity index (χ2v) is 7.53. The number of carbonyl (C=O) groups excluding carboxylic acids is 1. The molecule has 3 rings (SSSR count). The summed E-state index contributed by atoms with van der Waals surface area (Å²) in [6.07, 6.45) is -3.20. The first-order valence-corrected chi connectivity index (χ1v) is 8.69. The number of aromatic nitrogens is 2. The number of benzene rings is 1. The van der Waals surface area contributed by atoms with Gasteiger partial charge in [-0.15, -0.1) is 0 Å². The van der Waals surface area contributed by atoms with Crippen LogP contribution < -0.4 is 5.32 Å². The van der Waals surface area contributed by atoms with Crippen molar-refractivity contribution in [2.24, 2.45) is 0 Å². The first-order valence-electron chi connectivity index (χ1n) is 7.88. The van der Waals surface area contributed by atoms with Crippen LogP contribution in [0.5, 0.6) is 0 Å². The topological polar surface area (TPSA) is 64.1 Å². The summed E-state index contributed by atoms with van der Waals surface area (Å²) in [4.78, 5) is 21.1. The number of alkyl halides is 2. The number of fused-ring (bicyclic) bond motifs is 1. The predicted octanol–water partition coefficient (Wildman–Crippen LogP) is 5.64. The van der Waals surface area contributed by atoms with E-state index in [4.69, 9.17) is 4.74 Å². The highest BCUT2D eigenvalue weighted by molar-refractivity contribution is 7.21. The van der Waals surface area contributed by atoms with Crippen molar-refractivity contribution in [3.8, 4) is 11.3 Å². The largest absolute Gasteiger partial charge is 0.444 e. The molecule has 2 heterocycles. The fraction of sp³-hybridized carbons (Fsp3) is 0.278. The van der Waals surface area contributed by atoms with Crippen molar-refractivity contribution in [1.82, 2.24) is 9.97 Å². The number of ether oxygens (including phenoxy) is 1. The van der Waals surface area contributed by atoms with E-state index in [9.17, 15) is 13.6 Å². The lowest BCUT2D eigenvalue weighted by atomic mass is 10.0. The van der Waals surface area contributed by atoms with Crippen LogP contribution in [-0.4, -0.2) is 21.7 Å². The van der Waals surface area contributed by atoms with Crippen LogP contribution in [-0.2, 0) is 4.74 Å². The first-order chi connectivity index (χ1) is 12.2. The number of halogens is 2. The molecule has 1 amide bonds. The number of amides is 1. The highest BCUT2D eigenvalue weighted by atomic mass is 32.1. The van der Waals surface area contributed by atoms with E-state index >= 15 is 0 Å². The average molecular weight is 377 g/mol. The molecule has 8 heteroatoms. The van der Waals surface area contributed by atoms with Gasteiger partial charge in [0.2, 0.25) is 0 Å². The lowest BCUT2D eigenvalue weighted by molar-refractivity contribution is 0.0636. The highest BCUT2D eigenvalue weighted by Crippen LogP contribution is 2.32. The number of carbonyl (C=O) groups is 1. The van der Waals surface area contributed by atoms with Crippen molar-refractivity contribution in [2.75, 3.05) is 5.32 Å². The summed E-state index contributed by atoms with van der Waals surface area (Å²) in [6, 6.07) is 9.58. The molecule has 0 aliphatic rings. The number of nitrogens with zero attached hydrogens (tertiary/aromatic N) is 2. The summed E-state index contributed by atoms with van der Waals surface area (Å²) in [5.74, 6) is 0. The summed E-state index contributed by atoms with van der Waals surface area (Å²) in [7, 11) is 0. The molecule has 0 atom stereocenters. The van der Waals surface area contributed by atoms with Crippen molar-refractivity contribution in [2.45, 2.75) is 32.8 Å². The molecule has 0 aliphatic carbocycles. The van der Waals surface area contributed by atoms with E-state index in [1.165, 1.54) is 6.07 Å². The quantitative estimate of drug-likeness (QED) is 0.641. The zero-order chi connectivity index (χ0) is 18.9. The van der Waals surface area contributed by atoms with E-state index in [1.807, 2.05) is 0 Å². The molecule has 3 aromatic rings. The Morgan fingerprint density at radius 2 is 1.88 bits per heavy atom. The van der Waals surface area contributed by atoms with Gasteiger partial charge in [-0.2, -0.15) is 0 Å². The van der Waals surface area contributed by atoms with Gasteiger partial charge in [0.15, 0.2) is 5.13 Å². The summed E-state index contributed by atoms with van der Waals surface area (Å²) >= 11 is 1.15.